The van der Waals surface area contributed by atoms with Gasteiger partial charge in [-0.15, -0.1) is 0 Å². The van der Waals surface area contributed by atoms with E-state index in [1.807, 2.05) is 23.1 Å². The van der Waals surface area contributed by atoms with E-state index in [9.17, 15) is 4.79 Å². The van der Waals surface area contributed by atoms with E-state index in [0.717, 1.165) is 40.0 Å². The summed E-state index contributed by atoms with van der Waals surface area (Å²) in [5.41, 5.74) is 0.894. The molecule has 2 aromatic rings. The first kappa shape index (κ1) is 20.8. The zero-order chi connectivity index (χ0) is 19.4. The number of hydrogen-bond donors (Lipinski definition) is 0. The molecule has 0 N–H and O–H groups in total. The highest BCUT2D eigenvalue weighted by molar-refractivity contribution is 8.00. The first-order chi connectivity index (χ1) is 13.0. The molecule has 0 radical (unpaired) electrons. The van der Waals surface area contributed by atoms with Crippen LogP contribution in [-0.2, 0) is 16.2 Å². The fourth-order valence-corrected chi connectivity index (χ4v) is 4.93. The second-order valence-corrected chi connectivity index (χ2v) is 9.22. The number of piperazine rings is 1. The summed E-state index contributed by atoms with van der Waals surface area (Å²) >= 11 is 14.5. The first-order valence-corrected chi connectivity index (χ1v) is 11.3. The van der Waals surface area contributed by atoms with Crippen molar-refractivity contribution in [3.63, 3.8) is 0 Å². The van der Waals surface area contributed by atoms with Crippen LogP contribution < -0.4 is 0 Å². The van der Waals surface area contributed by atoms with Gasteiger partial charge < -0.3 is 4.74 Å². The molecule has 3 rings (SSSR count). The van der Waals surface area contributed by atoms with Gasteiger partial charge in [0.25, 0.3) is 0 Å². The SMILES string of the molecule is COC(=O)C(c1ccc(Cl)cc1)N1CCN(Cn2nc(SC)sc2=S)CC1. The Morgan fingerprint density at radius 3 is 2.56 bits per heavy atom. The molecule has 0 spiro atoms. The molecule has 2 heterocycles. The lowest BCUT2D eigenvalue weighted by molar-refractivity contribution is -0.148. The van der Waals surface area contributed by atoms with E-state index in [0.29, 0.717) is 11.7 Å². The molecule has 0 saturated carbocycles. The summed E-state index contributed by atoms with van der Waals surface area (Å²) in [6, 6.07) is 6.95. The lowest BCUT2D eigenvalue weighted by Crippen LogP contribution is -2.49. The van der Waals surface area contributed by atoms with Crippen LogP contribution in [0.15, 0.2) is 28.6 Å². The number of thioether (sulfide) groups is 1. The molecule has 1 aliphatic rings. The van der Waals surface area contributed by atoms with Gasteiger partial charge in [0.1, 0.15) is 6.04 Å². The Morgan fingerprint density at radius 1 is 1.33 bits per heavy atom. The van der Waals surface area contributed by atoms with Gasteiger partial charge in [-0.2, -0.15) is 5.10 Å². The van der Waals surface area contributed by atoms with Crippen LogP contribution in [0, 0.1) is 3.95 Å². The van der Waals surface area contributed by atoms with Crippen molar-refractivity contribution in [1.29, 1.82) is 0 Å². The minimum atomic E-state index is -0.418. The normalized spacial score (nSPS) is 17.0. The smallest absolute Gasteiger partial charge is 0.327 e. The number of nitrogens with zero attached hydrogens (tertiary/aromatic N) is 4. The van der Waals surface area contributed by atoms with Crippen LogP contribution in [0.2, 0.25) is 5.02 Å². The van der Waals surface area contributed by atoms with E-state index in [4.69, 9.17) is 28.6 Å². The summed E-state index contributed by atoms with van der Waals surface area (Å²) in [5, 5.41) is 5.18. The van der Waals surface area contributed by atoms with E-state index in [1.165, 1.54) is 18.4 Å². The van der Waals surface area contributed by atoms with Crippen LogP contribution in [0.5, 0.6) is 0 Å². The number of benzene rings is 1. The average Bonchev–Trinajstić information content (AvgIpc) is 3.04. The first-order valence-electron chi connectivity index (χ1n) is 8.43. The summed E-state index contributed by atoms with van der Waals surface area (Å²) in [5.74, 6) is -0.253. The van der Waals surface area contributed by atoms with E-state index in [1.54, 1.807) is 23.9 Å². The summed E-state index contributed by atoms with van der Waals surface area (Å²) in [7, 11) is 1.43. The molecule has 0 aliphatic carbocycles. The van der Waals surface area contributed by atoms with Gasteiger partial charge >= 0.3 is 5.97 Å². The number of carbonyl (C=O) groups is 1. The molecular formula is C17H21ClN4O2S3. The number of aromatic nitrogens is 2. The highest BCUT2D eigenvalue weighted by Gasteiger charge is 2.31. The minimum absolute atomic E-state index is 0.253. The molecular weight excluding hydrogens is 424 g/mol. The van der Waals surface area contributed by atoms with Crippen LogP contribution in [-0.4, -0.2) is 65.1 Å². The van der Waals surface area contributed by atoms with E-state index >= 15 is 0 Å². The Hall–Kier alpha value is -0.970. The van der Waals surface area contributed by atoms with Crippen LogP contribution in [0.1, 0.15) is 11.6 Å². The highest BCUT2D eigenvalue weighted by atomic mass is 35.5. The van der Waals surface area contributed by atoms with Crippen molar-refractivity contribution < 1.29 is 9.53 Å². The number of halogens is 1. The van der Waals surface area contributed by atoms with Gasteiger partial charge in [-0.3, -0.25) is 9.80 Å². The standard InChI is InChI=1S/C17H21ClN4O2S3/c1-24-15(23)14(12-3-5-13(18)6-4-12)21-9-7-20(8-10-21)11-22-17(25)27-16(19-22)26-2/h3-6,14H,7-11H2,1-2H3. The third kappa shape index (κ3) is 5.10. The molecule has 146 valence electrons. The van der Waals surface area contributed by atoms with Crippen LogP contribution in [0.3, 0.4) is 0 Å². The molecule has 1 unspecified atom stereocenters. The molecule has 0 bridgehead atoms. The van der Waals surface area contributed by atoms with E-state index < -0.39 is 6.04 Å². The van der Waals surface area contributed by atoms with Crippen molar-refractivity contribution in [2.75, 3.05) is 39.5 Å². The van der Waals surface area contributed by atoms with Crippen molar-refractivity contribution in [3.05, 3.63) is 38.8 Å². The molecule has 1 atom stereocenters. The third-order valence-corrected chi connectivity index (χ3v) is 7.01. The Morgan fingerprint density at radius 2 is 2.00 bits per heavy atom. The number of hydrogen-bond acceptors (Lipinski definition) is 8. The lowest BCUT2D eigenvalue weighted by Gasteiger charge is -2.38. The Bertz CT molecular complexity index is 831. The van der Waals surface area contributed by atoms with Crippen molar-refractivity contribution in [1.82, 2.24) is 19.6 Å². The molecule has 1 aromatic carbocycles. The van der Waals surface area contributed by atoms with Crippen molar-refractivity contribution in [2.24, 2.45) is 0 Å². The van der Waals surface area contributed by atoms with Gasteiger partial charge in [0.2, 0.25) is 0 Å². The van der Waals surface area contributed by atoms with Crippen LogP contribution in [0.25, 0.3) is 0 Å². The number of carbonyl (C=O) groups excluding carboxylic acids is 1. The van der Waals surface area contributed by atoms with E-state index in [2.05, 4.69) is 14.9 Å². The second-order valence-electron chi connectivity index (χ2n) is 6.11. The van der Waals surface area contributed by atoms with Gasteiger partial charge in [-0.05, 0) is 36.2 Å². The summed E-state index contributed by atoms with van der Waals surface area (Å²) in [4.78, 5) is 16.9. The molecule has 1 fully saturated rings. The number of esters is 1. The molecule has 27 heavy (non-hydrogen) atoms. The number of rotatable bonds is 6. The van der Waals surface area contributed by atoms with Crippen molar-refractivity contribution in [3.8, 4) is 0 Å². The number of methoxy groups -OCH3 is 1. The van der Waals surface area contributed by atoms with Gasteiger partial charge in [-0.25, -0.2) is 9.48 Å². The topological polar surface area (TPSA) is 50.6 Å². The van der Waals surface area contributed by atoms with Crippen molar-refractivity contribution in [2.45, 2.75) is 17.1 Å². The summed E-state index contributed by atoms with van der Waals surface area (Å²) in [6.07, 6.45) is 2.00. The zero-order valence-electron chi connectivity index (χ0n) is 15.1. The third-order valence-electron chi connectivity index (χ3n) is 4.48. The van der Waals surface area contributed by atoms with Gasteiger partial charge in [0.15, 0.2) is 8.29 Å². The highest BCUT2D eigenvalue weighted by Crippen LogP contribution is 2.25. The van der Waals surface area contributed by atoms with Crippen molar-refractivity contribution >= 4 is 52.9 Å². The molecule has 10 heteroatoms. The minimum Gasteiger partial charge on any atom is -0.468 e. The fraction of sp³-hybridized carbons (Fsp3) is 0.471. The largest absolute Gasteiger partial charge is 0.468 e. The Labute approximate surface area is 177 Å². The van der Waals surface area contributed by atoms with Crippen LogP contribution >= 0.6 is 46.9 Å². The van der Waals surface area contributed by atoms with Crippen LogP contribution in [0.4, 0.5) is 0 Å². The maximum Gasteiger partial charge on any atom is 0.327 e. The van der Waals surface area contributed by atoms with Gasteiger partial charge in [0, 0.05) is 31.2 Å². The maximum absolute atomic E-state index is 12.4. The zero-order valence-corrected chi connectivity index (χ0v) is 18.3. The molecule has 6 nitrogen and oxygen atoms in total. The quantitative estimate of drug-likeness (QED) is 0.383. The predicted octanol–water partition coefficient (Wildman–Crippen LogP) is 3.54. The van der Waals surface area contributed by atoms with E-state index in [-0.39, 0.29) is 5.97 Å². The average molecular weight is 445 g/mol. The molecule has 1 aliphatic heterocycles. The monoisotopic (exact) mass is 444 g/mol. The lowest BCUT2D eigenvalue weighted by atomic mass is 10.0. The Balaban J connectivity index is 1.66. The summed E-state index contributed by atoms with van der Waals surface area (Å²) in [6.45, 7) is 3.85. The summed E-state index contributed by atoms with van der Waals surface area (Å²) < 4.78 is 8.69. The van der Waals surface area contributed by atoms with Gasteiger partial charge in [0.05, 0.1) is 13.8 Å². The Kier molecular flexibility index (Phi) is 7.29. The molecule has 0 amide bonds. The molecule has 1 aromatic heterocycles. The fourth-order valence-electron chi connectivity index (χ4n) is 3.06. The second kappa shape index (κ2) is 9.49. The number of ether oxygens (including phenoxy) is 1. The van der Waals surface area contributed by atoms with Gasteiger partial charge in [-0.1, -0.05) is 46.8 Å². The maximum atomic E-state index is 12.4. The molecule has 1 saturated heterocycles. The predicted molar refractivity (Wildman–Crippen MR) is 112 cm³/mol.